The van der Waals surface area contributed by atoms with Crippen molar-refractivity contribution in [1.29, 1.82) is 0 Å². The Morgan fingerprint density at radius 1 is 1.22 bits per heavy atom. The van der Waals surface area contributed by atoms with E-state index in [1.165, 1.54) is 11.1 Å². The zero-order valence-electron chi connectivity index (χ0n) is 15.6. The summed E-state index contributed by atoms with van der Waals surface area (Å²) < 4.78 is 5.31. The van der Waals surface area contributed by atoms with Gasteiger partial charge in [0.15, 0.2) is 0 Å². The van der Waals surface area contributed by atoms with Crippen LogP contribution in [0.3, 0.4) is 0 Å². The maximum absolute atomic E-state index is 13.3. The molecule has 0 aliphatic heterocycles. The summed E-state index contributed by atoms with van der Waals surface area (Å²) in [6.45, 7) is 0. The quantitative estimate of drug-likeness (QED) is 0.756. The number of hydrogen-bond donors (Lipinski definition) is 1. The Bertz CT molecular complexity index is 963. The first-order valence-corrected chi connectivity index (χ1v) is 9.22. The minimum absolute atomic E-state index is 0.0247. The van der Waals surface area contributed by atoms with Gasteiger partial charge in [-0.2, -0.15) is 5.10 Å². The van der Waals surface area contributed by atoms with Crippen LogP contribution < -0.4 is 4.74 Å². The van der Waals surface area contributed by atoms with Gasteiger partial charge >= 0.3 is 0 Å². The first-order chi connectivity index (χ1) is 13.2. The molecule has 0 fully saturated rings. The minimum Gasteiger partial charge on any atom is -0.497 e. The summed E-state index contributed by atoms with van der Waals surface area (Å²) in [4.78, 5) is 15.2. The molecule has 5 heteroatoms. The number of carbonyl (C=O) groups excluding carboxylic acids is 1. The second kappa shape index (κ2) is 7.27. The number of aromatic amines is 1. The van der Waals surface area contributed by atoms with Gasteiger partial charge in [0.25, 0.3) is 5.91 Å². The van der Waals surface area contributed by atoms with Gasteiger partial charge in [0.2, 0.25) is 0 Å². The molecule has 2 aromatic carbocycles. The first-order valence-electron chi connectivity index (χ1n) is 9.22. The van der Waals surface area contributed by atoms with Gasteiger partial charge < -0.3 is 9.64 Å². The molecule has 1 amide bonds. The van der Waals surface area contributed by atoms with Gasteiger partial charge in [0.1, 0.15) is 5.75 Å². The Balaban J connectivity index is 1.66. The van der Waals surface area contributed by atoms with E-state index >= 15 is 0 Å². The number of nitrogens with one attached hydrogen (secondary N) is 1. The van der Waals surface area contributed by atoms with Crippen LogP contribution in [0.15, 0.2) is 54.7 Å². The third-order valence-electron chi connectivity index (χ3n) is 5.35. The lowest BCUT2D eigenvalue weighted by molar-refractivity contribution is 0.0716. The van der Waals surface area contributed by atoms with Gasteiger partial charge in [-0.1, -0.05) is 36.4 Å². The van der Waals surface area contributed by atoms with E-state index in [4.69, 9.17) is 4.74 Å². The molecule has 1 atom stereocenters. The molecule has 27 heavy (non-hydrogen) atoms. The average Bonchev–Trinajstić information content (AvgIpc) is 3.22. The van der Waals surface area contributed by atoms with Crippen LogP contribution in [0.2, 0.25) is 0 Å². The number of methoxy groups -OCH3 is 1. The highest BCUT2D eigenvalue weighted by Crippen LogP contribution is 2.35. The number of rotatable bonds is 4. The van der Waals surface area contributed by atoms with Crippen LogP contribution in [0.25, 0.3) is 11.3 Å². The van der Waals surface area contributed by atoms with Crippen molar-refractivity contribution in [3.8, 4) is 17.0 Å². The Morgan fingerprint density at radius 2 is 2.07 bits per heavy atom. The van der Waals surface area contributed by atoms with Crippen molar-refractivity contribution in [3.63, 3.8) is 0 Å². The summed E-state index contributed by atoms with van der Waals surface area (Å²) in [5, 5.41) is 7.11. The summed E-state index contributed by atoms with van der Waals surface area (Å²) in [6.07, 6.45) is 4.76. The van der Waals surface area contributed by atoms with Gasteiger partial charge in [-0.3, -0.25) is 9.89 Å². The fourth-order valence-electron chi connectivity index (χ4n) is 3.91. The molecular weight excluding hydrogens is 338 g/mol. The average molecular weight is 361 g/mol. The van der Waals surface area contributed by atoms with E-state index in [9.17, 15) is 4.79 Å². The van der Waals surface area contributed by atoms with Crippen LogP contribution in [0, 0.1) is 0 Å². The first kappa shape index (κ1) is 17.3. The maximum atomic E-state index is 13.3. The van der Waals surface area contributed by atoms with Gasteiger partial charge in [-0.25, -0.2) is 0 Å². The normalized spacial score (nSPS) is 15.9. The number of benzene rings is 2. The number of amides is 1. The van der Waals surface area contributed by atoms with Gasteiger partial charge in [-0.05, 0) is 42.5 Å². The Kier molecular flexibility index (Phi) is 4.67. The fourth-order valence-corrected chi connectivity index (χ4v) is 3.91. The van der Waals surface area contributed by atoms with Crippen molar-refractivity contribution >= 4 is 5.91 Å². The molecule has 1 aliphatic carbocycles. The molecule has 1 heterocycles. The van der Waals surface area contributed by atoms with Crippen LogP contribution >= 0.6 is 0 Å². The standard InChI is InChI=1S/C22H23N3O2/c1-25(20-12-6-8-15-7-3-4-11-18(15)20)22(26)19-14-23-24-21(19)16-9-5-10-17(13-16)27-2/h3-5,7,9-11,13-14,20H,6,8,12H2,1-2H3,(H,23,24)/t20-/m0/s1. The molecule has 0 spiro atoms. The SMILES string of the molecule is COc1cccc(-c2[nH]ncc2C(=O)N(C)[C@H]2CCCc3ccccc32)c1. The van der Waals surface area contributed by atoms with E-state index in [0.29, 0.717) is 5.56 Å². The molecule has 4 rings (SSSR count). The van der Waals surface area contributed by atoms with Gasteiger partial charge in [-0.15, -0.1) is 0 Å². The van der Waals surface area contributed by atoms with E-state index in [-0.39, 0.29) is 11.9 Å². The highest BCUT2D eigenvalue weighted by atomic mass is 16.5. The number of aryl methyl sites for hydroxylation is 1. The molecular formula is C22H23N3O2. The molecule has 0 saturated heterocycles. The molecule has 1 aliphatic rings. The molecule has 5 nitrogen and oxygen atoms in total. The number of ether oxygens (including phenoxy) is 1. The number of carbonyl (C=O) groups is 1. The van der Waals surface area contributed by atoms with Crippen LogP contribution in [-0.2, 0) is 6.42 Å². The summed E-state index contributed by atoms with van der Waals surface area (Å²) in [7, 11) is 3.52. The van der Waals surface area contributed by atoms with Gasteiger partial charge in [0.05, 0.1) is 30.6 Å². The Morgan fingerprint density at radius 3 is 2.93 bits per heavy atom. The predicted octanol–water partition coefficient (Wildman–Crippen LogP) is 4.23. The number of aromatic nitrogens is 2. The van der Waals surface area contributed by atoms with Crippen LogP contribution in [0.5, 0.6) is 5.75 Å². The third kappa shape index (κ3) is 3.21. The van der Waals surface area contributed by atoms with Crippen molar-refractivity contribution in [2.24, 2.45) is 0 Å². The number of nitrogens with zero attached hydrogens (tertiary/aromatic N) is 2. The number of H-pyrrole nitrogens is 1. The molecule has 0 radical (unpaired) electrons. The van der Waals surface area contributed by atoms with E-state index in [1.807, 2.05) is 36.2 Å². The molecule has 1 aromatic heterocycles. The molecule has 138 valence electrons. The lowest BCUT2D eigenvalue weighted by Crippen LogP contribution is -2.33. The Labute approximate surface area is 159 Å². The zero-order chi connectivity index (χ0) is 18.8. The second-order valence-corrected chi connectivity index (χ2v) is 6.91. The third-order valence-corrected chi connectivity index (χ3v) is 5.35. The number of hydrogen-bond acceptors (Lipinski definition) is 3. The van der Waals surface area contributed by atoms with Crippen LogP contribution in [-0.4, -0.2) is 35.2 Å². The van der Waals surface area contributed by atoms with E-state index in [0.717, 1.165) is 36.3 Å². The Hall–Kier alpha value is -3.08. The molecule has 0 saturated carbocycles. The summed E-state index contributed by atoms with van der Waals surface area (Å²) in [5.41, 5.74) is 4.77. The lowest BCUT2D eigenvalue weighted by atomic mass is 9.87. The van der Waals surface area contributed by atoms with E-state index < -0.39 is 0 Å². The zero-order valence-corrected chi connectivity index (χ0v) is 15.6. The minimum atomic E-state index is -0.0247. The van der Waals surface area contributed by atoms with Crippen molar-refractivity contribution in [3.05, 3.63) is 71.4 Å². The van der Waals surface area contributed by atoms with Crippen LogP contribution in [0.1, 0.15) is 40.4 Å². The summed E-state index contributed by atoms with van der Waals surface area (Å²) in [5.74, 6) is 0.721. The van der Waals surface area contributed by atoms with Crippen molar-refractivity contribution in [2.45, 2.75) is 25.3 Å². The second-order valence-electron chi connectivity index (χ2n) is 6.91. The molecule has 1 N–H and O–H groups in total. The monoisotopic (exact) mass is 361 g/mol. The van der Waals surface area contributed by atoms with E-state index in [2.05, 4.69) is 34.5 Å². The fraction of sp³-hybridized carbons (Fsp3) is 0.273. The predicted molar refractivity (Wildman–Crippen MR) is 105 cm³/mol. The van der Waals surface area contributed by atoms with Crippen molar-refractivity contribution in [2.75, 3.05) is 14.2 Å². The van der Waals surface area contributed by atoms with Gasteiger partial charge in [0, 0.05) is 12.6 Å². The summed E-state index contributed by atoms with van der Waals surface area (Å²) >= 11 is 0. The molecule has 3 aromatic rings. The van der Waals surface area contributed by atoms with Crippen LogP contribution in [0.4, 0.5) is 0 Å². The molecule has 0 bridgehead atoms. The highest BCUT2D eigenvalue weighted by molar-refractivity contribution is 6.00. The largest absolute Gasteiger partial charge is 0.497 e. The van der Waals surface area contributed by atoms with Crippen molar-refractivity contribution < 1.29 is 9.53 Å². The lowest BCUT2D eigenvalue weighted by Gasteiger charge is -2.33. The van der Waals surface area contributed by atoms with Crippen molar-refractivity contribution in [1.82, 2.24) is 15.1 Å². The van der Waals surface area contributed by atoms with E-state index in [1.54, 1.807) is 13.3 Å². The highest BCUT2D eigenvalue weighted by Gasteiger charge is 2.29. The molecule has 0 unspecified atom stereocenters. The topological polar surface area (TPSA) is 58.2 Å². The maximum Gasteiger partial charge on any atom is 0.257 e. The summed E-state index contributed by atoms with van der Waals surface area (Å²) in [6, 6.07) is 16.2. The number of fused-ring (bicyclic) bond motifs is 1. The smallest absolute Gasteiger partial charge is 0.257 e.